The number of fused-ring (bicyclic) bond motifs is 1. The zero-order valence-corrected chi connectivity index (χ0v) is 16.9. The van der Waals surface area contributed by atoms with Gasteiger partial charge in [-0.05, 0) is 13.8 Å². The van der Waals surface area contributed by atoms with Crippen LogP contribution in [0.15, 0.2) is 6.33 Å². The van der Waals surface area contributed by atoms with E-state index in [1.165, 1.54) is 6.33 Å². The molecule has 28 heavy (non-hydrogen) atoms. The molecule has 0 saturated heterocycles. The summed E-state index contributed by atoms with van der Waals surface area (Å²) in [5, 5.41) is 11.6. The lowest BCUT2D eigenvalue weighted by atomic mass is 10.4. The Kier molecular flexibility index (Phi) is 8.55. The number of anilines is 1. The van der Waals surface area contributed by atoms with Crippen LogP contribution in [0, 0.1) is 0 Å². The molecule has 12 nitrogen and oxygen atoms in total. The van der Waals surface area contributed by atoms with Crippen LogP contribution in [0.1, 0.15) is 20.3 Å². The molecular formula is C14H21ClN5O7P. The molecule has 0 radical (unpaired) electrons. The van der Waals surface area contributed by atoms with Gasteiger partial charge in [0.05, 0.1) is 13.2 Å². The second-order valence-corrected chi connectivity index (χ2v) is 7.49. The first-order chi connectivity index (χ1) is 13.5. The van der Waals surface area contributed by atoms with Crippen LogP contribution in [0.3, 0.4) is 0 Å². The average Bonchev–Trinajstić information content (AvgIpc) is 3.04. The summed E-state index contributed by atoms with van der Waals surface area (Å²) in [5.41, 5.74) is 0.392. The van der Waals surface area contributed by atoms with Crippen molar-refractivity contribution in [3.63, 3.8) is 0 Å². The Morgan fingerprint density at radius 3 is 2.68 bits per heavy atom. The summed E-state index contributed by atoms with van der Waals surface area (Å²) in [7, 11) is -3.46. The first-order valence-electron chi connectivity index (χ1n) is 8.34. The monoisotopic (exact) mass is 437 g/mol. The van der Waals surface area contributed by atoms with Crippen LogP contribution >= 0.6 is 19.2 Å². The van der Waals surface area contributed by atoms with Crippen molar-refractivity contribution in [3.8, 4) is 0 Å². The number of hydrogen-bond acceptors (Lipinski definition) is 10. The van der Waals surface area contributed by atoms with Gasteiger partial charge in [0.25, 0.3) is 0 Å². The van der Waals surface area contributed by atoms with Gasteiger partial charge in [0.15, 0.2) is 11.5 Å². The highest BCUT2D eigenvalue weighted by Crippen LogP contribution is 2.48. The van der Waals surface area contributed by atoms with Gasteiger partial charge in [-0.25, -0.2) is 4.98 Å². The molecule has 2 N–H and O–H groups in total. The lowest BCUT2D eigenvalue weighted by molar-refractivity contribution is -0.141. The molecule has 14 heteroatoms. The van der Waals surface area contributed by atoms with E-state index in [-0.39, 0.29) is 54.9 Å². The van der Waals surface area contributed by atoms with Crippen molar-refractivity contribution >= 4 is 42.7 Å². The highest BCUT2D eigenvalue weighted by molar-refractivity contribution is 7.53. The number of carbonyl (C=O) groups excluding carboxylic acids is 1. The van der Waals surface area contributed by atoms with Crippen molar-refractivity contribution in [1.29, 1.82) is 0 Å². The summed E-state index contributed by atoms with van der Waals surface area (Å²) >= 11 is 6.02. The Balaban J connectivity index is 2.19. The first-order valence-corrected chi connectivity index (χ1v) is 10.4. The second kappa shape index (κ2) is 10.6. The number of imidazole rings is 1. The van der Waals surface area contributed by atoms with Gasteiger partial charge in [-0.2, -0.15) is 9.97 Å². The number of aliphatic hydroxyl groups excluding tert-OH is 1. The predicted molar refractivity (Wildman–Crippen MR) is 98.9 cm³/mol. The van der Waals surface area contributed by atoms with E-state index >= 15 is 0 Å². The van der Waals surface area contributed by atoms with E-state index in [1.54, 1.807) is 13.8 Å². The van der Waals surface area contributed by atoms with Crippen LogP contribution in [0.25, 0.3) is 11.2 Å². The minimum absolute atomic E-state index is 0.00789. The largest absolute Gasteiger partial charge is 0.396 e. The van der Waals surface area contributed by atoms with Gasteiger partial charge in [0, 0.05) is 13.0 Å². The van der Waals surface area contributed by atoms with E-state index in [1.807, 2.05) is 0 Å². The van der Waals surface area contributed by atoms with Crippen LogP contribution in [-0.2, 0) is 23.1 Å². The SMILES string of the molecule is CCOP(=O)(COC(CCO)On1cnc2c(Cl)nc(NC=O)nc21)OCC. The molecule has 1 atom stereocenters. The van der Waals surface area contributed by atoms with Crippen LogP contribution in [0.5, 0.6) is 0 Å². The van der Waals surface area contributed by atoms with Crippen LogP contribution in [0.4, 0.5) is 5.95 Å². The molecule has 0 spiro atoms. The van der Waals surface area contributed by atoms with Gasteiger partial charge in [-0.1, -0.05) is 11.6 Å². The molecule has 0 saturated carbocycles. The molecule has 1 amide bonds. The van der Waals surface area contributed by atoms with Gasteiger partial charge in [0.1, 0.15) is 11.8 Å². The normalized spacial score (nSPS) is 12.9. The number of amides is 1. The fourth-order valence-electron chi connectivity index (χ4n) is 2.12. The fraction of sp³-hybridized carbons (Fsp3) is 0.571. The van der Waals surface area contributed by atoms with Gasteiger partial charge >= 0.3 is 7.60 Å². The maximum Gasteiger partial charge on any atom is 0.356 e. The Hall–Kier alpha value is -1.82. The Morgan fingerprint density at radius 1 is 1.36 bits per heavy atom. The van der Waals surface area contributed by atoms with Crippen LogP contribution < -0.4 is 10.2 Å². The third kappa shape index (κ3) is 5.84. The summed E-state index contributed by atoms with van der Waals surface area (Å²) in [6.45, 7) is 3.46. The smallest absolute Gasteiger partial charge is 0.356 e. The highest BCUT2D eigenvalue weighted by Gasteiger charge is 2.27. The summed E-state index contributed by atoms with van der Waals surface area (Å²) < 4.78 is 29.5. The molecule has 0 fully saturated rings. The summed E-state index contributed by atoms with van der Waals surface area (Å²) in [4.78, 5) is 28.2. The lowest BCUT2D eigenvalue weighted by Gasteiger charge is -2.22. The van der Waals surface area contributed by atoms with Gasteiger partial charge < -0.3 is 23.7 Å². The van der Waals surface area contributed by atoms with Crippen molar-refractivity contribution in [2.24, 2.45) is 0 Å². The van der Waals surface area contributed by atoms with Crippen molar-refractivity contribution in [2.75, 3.05) is 31.5 Å². The number of rotatable bonds is 13. The van der Waals surface area contributed by atoms with Crippen LogP contribution in [-0.4, -0.2) is 63.7 Å². The van der Waals surface area contributed by atoms with Gasteiger partial charge in [-0.15, -0.1) is 4.73 Å². The third-order valence-corrected chi connectivity index (χ3v) is 5.21. The molecule has 0 aliphatic rings. The van der Waals surface area contributed by atoms with Crippen molar-refractivity contribution < 1.29 is 33.1 Å². The summed E-state index contributed by atoms with van der Waals surface area (Å²) in [6, 6.07) is 0. The third-order valence-electron chi connectivity index (χ3n) is 3.18. The molecule has 2 aromatic rings. The fourth-order valence-corrected chi connectivity index (χ4v) is 3.69. The number of nitrogens with zero attached hydrogens (tertiary/aromatic N) is 4. The topological polar surface area (TPSA) is 147 Å². The molecule has 2 rings (SSSR count). The van der Waals surface area contributed by atoms with E-state index in [0.29, 0.717) is 6.41 Å². The number of carbonyl (C=O) groups is 1. The Morgan fingerprint density at radius 2 is 2.07 bits per heavy atom. The number of ether oxygens (including phenoxy) is 1. The van der Waals surface area contributed by atoms with Gasteiger partial charge in [-0.3, -0.25) is 14.7 Å². The molecule has 1 unspecified atom stereocenters. The van der Waals surface area contributed by atoms with Gasteiger partial charge in [0.2, 0.25) is 24.3 Å². The molecule has 0 aliphatic heterocycles. The standard InChI is InChI=1S/C14H21ClN5O7P/c1-3-25-28(23,26-4-2)9-24-10(5-6-21)27-20-7-16-11-12(15)18-14(17-8-22)19-13(11)20/h7-8,10,21H,3-6,9H2,1-2H3,(H,17,18,19,22). The lowest BCUT2D eigenvalue weighted by Crippen LogP contribution is -2.29. The van der Waals surface area contributed by atoms with E-state index in [9.17, 15) is 14.5 Å². The van der Waals surface area contributed by atoms with Crippen LogP contribution in [0.2, 0.25) is 5.15 Å². The van der Waals surface area contributed by atoms with E-state index in [0.717, 1.165) is 4.73 Å². The van der Waals surface area contributed by atoms with Crippen molar-refractivity contribution in [1.82, 2.24) is 19.7 Å². The van der Waals surface area contributed by atoms with Crippen molar-refractivity contribution in [3.05, 3.63) is 11.5 Å². The van der Waals surface area contributed by atoms with Crippen molar-refractivity contribution in [2.45, 2.75) is 26.6 Å². The van der Waals surface area contributed by atoms with E-state index in [2.05, 4.69) is 20.3 Å². The average molecular weight is 438 g/mol. The maximum atomic E-state index is 12.5. The van der Waals surface area contributed by atoms with E-state index in [4.69, 9.17) is 30.2 Å². The summed E-state index contributed by atoms with van der Waals surface area (Å²) in [5.74, 6) is -0.0466. The van der Waals surface area contributed by atoms with E-state index < -0.39 is 13.9 Å². The molecular weight excluding hydrogens is 417 g/mol. The quantitative estimate of drug-likeness (QED) is 0.204. The molecule has 2 aromatic heterocycles. The maximum absolute atomic E-state index is 12.5. The molecule has 156 valence electrons. The summed E-state index contributed by atoms with van der Waals surface area (Å²) in [6.07, 6.45) is 0.327. The molecule has 2 heterocycles. The highest BCUT2D eigenvalue weighted by atomic mass is 35.5. The minimum atomic E-state index is -3.46. The number of aromatic nitrogens is 4. The second-order valence-electron chi connectivity index (χ2n) is 5.13. The molecule has 0 aromatic carbocycles. The number of nitrogens with one attached hydrogen (secondary N) is 1. The Bertz CT molecular complexity index is 826. The first kappa shape index (κ1) is 22.5. The number of aliphatic hydroxyl groups is 1. The molecule has 0 aliphatic carbocycles. The predicted octanol–water partition coefficient (Wildman–Crippen LogP) is 1.43. The number of halogens is 1. The number of hydrogen-bond donors (Lipinski definition) is 2. The Labute approximate surface area is 165 Å². The zero-order chi connectivity index (χ0) is 20.6. The minimum Gasteiger partial charge on any atom is -0.396 e. The molecule has 0 bridgehead atoms. The zero-order valence-electron chi connectivity index (χ0n) is 15.3.